The molecule has 0 bridgehead atoms. The molecule has 3 aromatic rings. The molecule has 1 heterocycles. The van der Waals surface area contributed by atoms with Gasteiger partial charge in [0.1, 0.15) is 0 Å². The fourth-order valence-electron chi connectivity index (χ4n) is 2.57. The van der Waals surface area contributed by atoms with E-state index in [2.05, 4.69) is 5.10 Å². The summed E-state index contributed by atoms with van der Waals surface area (Å²) in [6.45, 7) is 0.440. The Balaban J connectivity index is 1.78. The molecule has 0 saturated carbocycles. The molecule has 0 saturated heterocycles. The summed E-state index contributed by atoms with van der Waals surface area (Å²) in [5.74, 6) is -4.13. The van der Waals surface area contributed by atoms with Crippen LogP contribution in [0.25, 0.3) is 0 Å². The molecule has 26 heavy (non-hydrogen) atoms. The molecule has 3 rings (SSSR count). The number of anilines is 1. The van der Waals surface area contributed by atoms with Gasteiger partial charge in [0.15, 0.2) is 17.5 Å². The molecule has 0 aliphatic heterocycles. The molecule has 0 unspecified atom stereocenters. The lowest BCUT2D eigenvalue weighted by molar-refractivity contribution is 0.444. The fourth-order valence-corrected chi connectivity index (χ4v) is 2.57. The van der Waals surface area contributed by atoms with Crippen LogP contribution in [0.5, 0.6) is 0 Å². The predicted octanol–water partition coefficient (Wildman–Crippen LogP) is 3.35. The maximum absolute atomic E-state index is 13.3. The smallest absolute Gasteiger partial charge is 0.269 e. The Kier molecular flexibility index (Phi) is 5.06. The molecule has 0 atom stereocenters. The van der Waals surface area contributed by atoms with Crippen LogP contribution in [0.3, 0.4) is 0 Å². The second-order valence-electron chi connectivity index (χ2n) is 5.92. The van der Waals surface area contributed by atoms with Crippen molar-refractivity contribution < 1.29 is 13.2 Å². The van der Waals surface area contributed by atoms with E-state index in [0.29, 0.717) is 12.2 Å². The first-order chi connectivity index (χ1) is 12.4. The zero-order chi connectivity index (χ0) is 18.7. The predicted molar refractivity (Wildman–Crippen MR) is 92.5 cm³/mol. The summed E-state index contributed by atoms with van der Waals surface area (Å²) in [5.41, 5.74) is 1.39. The Morgan fingerprint density at radius 1 is 1.00 bits per heavy atom. The Morgan fingerprint density at radius 3 is 2.27 bits per heavy atom. The van der Waals surface area contributed by atoms with E-state index >= 15 is 0 Å². The van der Waals surface area contributed by atoms with Gasteiger partial charge in [0.25, 0.3) is 5.56 Å². The third-order valence-electron chi connectivity index (χ3n) is 3.93. The summed E-state index contributed by atoms with van der Waals surface area (Å²) in [7, 11) is 1.83. The maximum atomic E-state index is 13.3. The normalized spacial score (nSPS) is 10.8. The van der Waals surface area contributed by atoms with Crippen LogP contribution in [0, 0.1) is 17.5 Å². The second-order valence-corrected chi connectivity index (χ2v) is 5.92. The zero-order valence-corrected chi connectivity index (χ0v) is 14.0. The van der Waals surface area contributed by atoms with Crippen LogP contribution in [0.4, 0.5) is 18.9 Å². The van der Waals surface area contributed by atoms with E-state index in [1.54, 1.807) is 0 Å². The van der Waals surface area contributed by atoms with Gasteiger partial charge in [-0.2, -0.15) is 5.10 Å². The highest BCUT2D eigenvalue weighted by atomic mass is 19.2. The lowest BCUT2D eigenvalue weighted by Gasteiger charge is -2.19. The number of aromatic nitrogens is 2. The number of halogens is 3. The van der Waals surface area contributed by atoms with Gasteiger partial charge in [0.2, 0.25) is 0 Å². The quantitative estimate of drug-likeness (QED) is 0.656. The lowest BCUT2D eigenvalue weighted by atomic mass is 10.2. The largest absolute Gasteiger partial charge is 0.369 e. The summed E-state index contributed by atoms with van der Waals surface area (Å²) in [4.78, 5) is 14.1. The minimum absolute atomic E-state index is 0.112. The van der Waals surface area contributed by atoms with E-state index in [1.807, 2.05) is 42.3 Å². The van der Waals surface area contributed by atoms with Gasteiger partial charge in [-0.1, -0.05) is 30.3 Å². The highest BCUT2D eigenvalue weighted by Crippen LogP contribution is 2.15. The molecule has 0 aliphatic rings. The minimum Gasteiger partial charge on any atom is -0.369 e. The lowest BCUT2D eigenvalue weighted by Crippen LogP contribution is -2.26. The summed E-state index contributed by atoms with van der Waals surface area (Å²) in [6, 6.07) is 12.8. The molecule has 0 aliphatic carbocycles. The third kappa shape index (κ3) is 3.93. The summed E-state index contributed by atoms with van der Waals surface area (Å²) in [6.07, 6.45) is 1.50. The average Bonchev–Trinajstić information content (AvgIpc) is 2.62. The topological polar surface area (TPSA) is 38.1 Å². The van der Waals surface area contributed by atoms with Crippen molar-refractivity contribution >= 4 is 5.69 Å². The van der Waals surface area contributed by atoms with Crippen molar-refractivity contribution in [3.63, 3.8) is 0 Å². The molecular formula is C19H16F3N3O. The number of hydrogen-bond acceptors (Lipinski definition) is 3. The van der Waals surface area contributed by atoms with Crippen molar-refractivity contribution in [3.05, 3.63) is 93.7 Å². The van der Waals surface area contributed by atoms with Gasteiger partial charge >= 0.3 is 0 Å². The molecule has 0 fully saturated rings. The van der Waals surface area contributed by atoms with E-state index < -0.39 is 23.0 Å². The summed E-state index contributed by atoms with van der Waals surface area (Å²) in [5, 5.41) is 4.04. The summed E-state index contributed by atoms with van der Waals surface area (Å²) < 4.78 is 40.7. The SMILES string of the molecule is CN(Cc1ccccc1)c1cnn(Cc2cc(F)c(F)c(F)c2)c(=O)c1. The summed E-state index contributed by atoms with van der Waals surface area (Å²) >= 11 is 0. The van der Waals surface area contributed by atoms with Gasteiger partial charge < -0.3 is 4.90 Å². The van der Waals surface area contributed by atoms with Crippen molar-refractivity contribution in [2.45, 2.75) is 13.1 Å². The van der Waals surface area contributed by atoms with Crippen LogP contribution in [0.2, 0.25) is 0 Å². The molecule has 0 spiro atoms. The molecule has 1 aromatic heterocycles. The molecule has 7 heteroatoms. The first-order valence-corrected chi connectivity index (χ1v) is 7.89. The first kappa shape index (κ1) is 17.7. The number of nitrogens with zero attached hydrogens (tertiary/aromatic N) is 3. The van der Waals surface area contributed by atoms with Gasteiger partial charge in [-0.05, 0) is 23.3 Å². The number of benzene rings is 2. The monoisotopic (exact) mass is 359 g/mol. The molecule has 134 valence electrons. The van der Waals surface area contributed by atoms with Gasteiger partial charge in [-0.15, -0.1) is 0 Å². The number of rotatable bonds is 5. The maximum Gasteiger partial charge on any atom is 0.269 e. The van der Waals surface area contributed by atoms with Crippen molar-refractivity contribution in [2.24, 2.45) is 0 Å². The van der Waals surface area contributed by atoms with Crippen LogP contribution in [-0.4, -0.2) is 16.8 Å². The van der Waals surface area contributed by atoms with Crippen LogP contribution >= 0.6 is 0 Å². The van der Waals surface area contributed by atoms with Crippen molar-refractivity contribution in [1.29, 1.82) is 0 Å². The van der Waals surface area contributed by atoms with Crippen molar-refractivity contribution in [2.75, 3.05) is 11.9 Å². The van der Waals surface area contributed by atoms with Crippen molar-refractivity contribution in [1.82, 2.24) is 9.78 Å². The highest BCUT2D eigenvalue weighted by Gasteiger charge is 2.12. The molecule has 2 aromatic carbocycles. The van der Waals surface area contributed by atoms with E-state index in [4.69, 9.17) is 0 Å². The van der Waals surface area contributed by atoms with Crippen LogP contribution in [0.15, 0.2) is 59.5 Å². The Labute approximate surface area is 148 Å². The molecule has 0 N–H and O–H groups in total. The van der Waals surface area contributed by atoms with Crippen molar-refractivity contribution in [3.8, 4) is 0 Å². The molecule has 4 nitrogen and oxygen atoms in total. The third-order valence-corrected chi connectivity index (χ3v) is 3.93. The van der Waals surface area contributed by atoms with E-state index in [-0.39, 0.29) is 12.1 Å². The zero-order valence-electron chi connectivity index (χ0n) is 14.0. The Bertz CT molecular complexity index is 950. The van der Waals surface area contributed by atoms with Gasteiger partial charge in [-0.3, -0.25) is 4.79 Å². The van der Waals surface area contributed by atoms with E-state index in [0.717, 1.165) is 22.4 Å². The average molecular weight is 359 g/mol. The molecule has 0 radical (unpaired) electrons. The van der Waals surface area contributed by atoms with Gasteiger partial charge in [0, 0.05) is 19.7 Å². The molecule has 0 amide bonds. The van der Waals surface area contributed by atoms with Gasteiger partial charge in [-0.25, -0.2) is 17.9 Å². The van der Waals surface area contributed by atoms with Crippen LogP contribution in [0.1, 0.15) is 11.1 Å². The van der Waals surface area contributed by atoms with Gasteiger partial charge in [0.05, 0.1) is 18.4 Å². The van der Waals surface area contributed by atoms with E-state index in [1.165, 1.54) is 12.3 Å². The number of hydrogen-bond donors (Lipinski definition) is 0. The van der Waals surface area contributed by atoms with E-state index in [9.17, 15) is 18.0 Å². The standard InChI is InChI=1S/C19H16F3N3O/c1-24(11-13-5-3-2-4-6-13)15-9-18(26)25(23-10-15)12-14-7-16(20)19(22)17(21)8-14/h2-10H,11-12H2,1H3. The second kappa shape index (κ2) is 7.43. The minimum atomic E-state index is -1.54. The van der Waals surface area contributed by atoms with Crippen LogP contribution in [-0.2, 0) is 13.1 Å². The molecular weight excluding hydrogens is 343 g/mol. The highest BCUT2D eigenvalue weighted by molar-refractivity contribution is 5.42. The fraction of sp³-hybridized carbons (Fsp3) is 0.158. The Morgan fingerprint density at radius 2 is 1.65 bits per heavy atom. The Hall–Kier alpha value is -3.09. The van der Waals surface area contributed by atoms with Crippen LogP contribution < -0.4 is 10.5 Å². The first-order valence-electron chi connectivity index (χ1n) is 7.89.